The Balaban J connectivity index is 1.62. The van der Waals surface area contributed by atoms with Gasteiger partial charge in [-0.2, -0.15) is 0 Å². The molecule has 1 aromatic heterocycles. The molecule has 0 bridgehead atoms. The Hall–Kier alpha value is -2.32. The number of nitrogens with one attached hydrogen (secondary N) is 1. The van der Waals surface area contributed by atoms with Gasteiger partial charge in [-0.25, -0.2) is 0 Å². The first-order valence-corrected chi connectivity index (χ1v) is 20.0. The second-order valence-electron chi connectivity index (χ2n) is 8.48. The number of unbranched alkanes of at least 4 members (excludes halogenated alkanes) is 1. The first-order chi connectivity index (χ1) is 15.7. The number of rotatable bonds is 10. The molecule has 32 heavy (non-hydrogen) atoms. The van der Waals surface area contributed by atoms with E-state index < -0.39 is 27.3 Å². The zero-order valence-electron chi connectivity index (χ0n) is 18.6. The van der Waals surface area contributed by atoms with Crippen LogP contribution in [0.2, 0.25) is 3.98 Å². The van der Waals surface area contributed by atoms with Crippen LogP contribution in [0, 0.1) is 0 Å². The van der Waals surface area contributed by atoms with Crippen molar-refractivity contribution in [1.82, 2.24) is 15.4 Å². The van der Waals surface area contributed by atoms with E-state index >= 15 is 0 Å². The fraction of sp³-hybridized carbons (Fsp3) is 0.259. The second kappa shape index (κ2) is 11.0. The summed E-state index contributed by atoms with van der Waals surface area (Å²) in [6, 6.07) is 33.6. The number of hydrogen-bond acceptors (Lipinski definition) is 3. The van der Waals surface area contributed by atoms with Crippen molar-refractivity contribution in [1.29, 1.82) is 0 Å². The van der Waals surface area contributed by atoms with E-state index in [-0.39, 0.29) is 0 Å². The molecule has 5 heteroatoms. The van der Waals surface area contributed by atoms with Crippen molar-refractivity contribution in [2.75, 3.05) is 0 Å². The third kappa shape index (κ3) is 5.18. The van der Waals surface area contributed by atoms with Gasteiger partial charge in [-0.15, -0.1) is 0 Å². The molecule has 0 aliphatic carbocycles. The predicted molar refractivity (Wildman–Crippen MR) is 133 cm³/mol. The summed E-state index contributed by atoms with van der Waals surface area (Å²) < 4.78 is 5.82. The van der Waals surface area contributed by atoms with Crippen molar-refractivity contribution >= 4 is 30.5 Å². The molecule has 0 saturated carbocycles. The maximum absolute atomic E-state index is 9.73. The van der Waals surface area contributed by atoms with Gasteiger partial charge in [0.2, 0.25) is 0 Å². The molecule has 1 atom stereocenters. The van der Waals surface area contributed by atoms with Crippen LogP contribution >= 0.6 is 0 Å². The quantitative estimate of drug-likeness (QED) is 0.212. The van der Waals surface area contributed by atoms with Gasteiger partial charge >= 0.3 is 196 Å². The van der Waals surface area contributed by atoms with Gasteiger partial charge in [0, 0.05) is 0 Å². The molecule has 0 radical (unpaired) electrons. The first kappa shape index (κ1) is 22.9. The van der Waals surface area contributed by atoms with Crippen molar-refractivity contribution in [3.05, 3.63) is 102 Å². The number of aliphatic hydroxyl groups is 1. The fourth-order valence-electron chi connectivity index (χ4n) is 4.70. The van der Waals surface area contributed by atoms with E-state index in [1.54, 1.807) is 6.92 Å². The minimum absolute atomic E-state index is 0.405. The Morgan fingerprint density at radius 2 is 1.19 bits per heavy atom. The predicted octanol–water partition coefficient (Wildman–Crippen LogP) is 3.22. The van der Waals surface area contributed by atoms with E-state index in [4.69, 9.17) is 0 Å². The number of aromatic nitrogens is 3. The average Bonchev–Trinajstić information content (AvgIpc) is 3.27. The summed E-state index contributed by atoms with van der Waals surface area (Å²) in [6.45, 7) is 1.79. The van der Waals surface area contributed by atoms with Crippen molar-refractivity contribution in [3.63, 3.8) is 0 Å². The molecule has 0 amide bonds. The fourth-order valence-corrected chi connectivity index (χ4v) is 23.9. The van der Waals surface area contributed by atoms with Gasteiger partial charge in [-0.3, -0.25) is 0 Å². The van der Waals surface area contributed by atoms with Gasteiger partial charge < -0.3 is 0 Å². The van der Waals surface area contributed by atoms with Crippen molar-refractivity contribution < 1.29 is 5.11 Å². The molecule has 1 unspecified atom stereocenters. The summed E-state index contributed by atoms with van der Waals surface area (Å²) in [6.07, 6.45) is 3.24. The zero-order valence-corrected chi connectivity index (χ0v) is 22.5. The molecule has 3 aromatic carbocycles. The number of hydrogen-bond donors (Lipinski definition) is 2. The summed E-state index contributed by atoms with van der Waals surface area (Å²) in [7, 11) is 0. The van der Waals surface area contributed by atoms with Gasteiger partial charge in [-0.1, -0.05) is 0 Å². The number of H-pyrrole nitrogens is 1. The standard InChI is InChI=1S/C9H16N3O.3C6H5.Pb/c1-3-4-5-8-9(6-7(2)13)11-12-10-8;3*1-2-4-6-5-3-1;/h7,13H,1,3-6H2,2H3,(H,10,11,12);3*1-5H;. The molecule has 0 saturated heterocycles. The van der Waals surface area contributed by atoms with E-state index in [0.717, 1.165) is 30.7 Å². The summed E-state index contributed by atoms with van der Waals surface area (Å²) >= 11 is -3.34. The Bertz CT molecular complexity index is 985. The van der Waals surface area contributed by atoms with Crippen LogP contribution in [0.4, 0.5) is 0 Å². The Kier molecular flexibility index (Phi) is 7.86. The molecule has 0 fully saturated rings. The molecule has 0 aliphatic rings. The molecule has 4 rings (SSSR count). The van der Waals surface area contributed by atoms with Crippen molar-refractivity contribution in [2.45, 2.75) is 42.7 Å². The van der Waals surface area contributed by atoms with Crippen LogP contribution in [0.1, 0.15) is 31.2 Å². The van der Waals surface area contributed by atoms with Crippen LogP contribution in [-0.4, -0.2) is 47.8 Å². The van der Waals surface area contributed by atoms with E-state index in [1.165, 1.54) is 13.3 Å². The molecule has 4 aromatic rings. The van der Waals surface area contributed by atoms with E-state index in [9.17, 15) is 5.11 Å². The molecule has 0 aliphatic heterocycles. The molecule has 164 valence electrons. The van der Waals surface area contributed by atoms with Gasteiger partial charge in [0.1, 0.15) is 0 Å². The van der Waals surface area contributed by atoms with Crippen LogP contribution in [0.3, 0.4) is 0 Å². The molecule has 1 heterocycles. The monoisotopic (exact) mass is 621 g/mol. The SMILES string of the molecule is CC(O)Cc1n[nH]nc1CCC[CH2][Pb]([c]1ccccc1)([c]1ccccc1)[c]1ccccc1. The zero-order chi connectivity index (χ0) is 22.2. The average molecular weight is 621 g/mol. The van der Waals surface area contributed by atoms with Crippen LogP contribution in [-0.2, 0) is 12.8 Å². The summed E-state index contributed by atoms with van der Waals surface area (Å²) in [5, 5.41) is 21.1. The Morgan fingerprint density at radius 1 is 0.719 bits per heavy atom. The van der Waals surface area contributed by atoms with E-state index in [1.807, 2.05) is 0 Å². The molecule has 4 nitrogen and oxygen atoms in total. The number of nitrogens with zero attached hydrogens (tertiary/aromatic N) is 2. The number of aliphatic hydroxyl groups excluding tert-OH is 1. The first-order valence-electron chi connectivity index (χ1n) is 11.4. The Morgan fingerprint density at radius 3 is 1.66 bits per heavy atom. The molecular weight excluding hydrogens is 590 g/mol. The molecule has 2 N–H and O–H groups in total. The molecule has 0 spiro atoms. The third-order valence-corrected chi connectivity index (χ3v) is 25.9. The van der Waals surface area contributed by atoms with Crippen LogP contribution < -0.4 is 9.37 Å². The number of aryl methyl sites for hydroxylation is 1. The number of aromatic amines is 1. The topological polar surface area (TPSA) is 61.8 Å². The summed E-state index contributed by atoms with van der Waals surface area (Å²) in [4.78, 5) is 0. The number of benzene rings is 3. The van der Waals surface area contributed by atoms with Gasteiger partial charge in [0.15, 0.2) is 0 Å². The van der Waals surface area contributed by atoms with E-state index in [0.29, 0.717) is 6.42 Å². The van der Waals surface area contributed by atoms with Crippen molar-refractivity contribution in [2.24, 2.45) is 0 Å². The maximum atomic E-state index is 9.73. The summed E-state index contributed by atoms with van der Waals surface area (Å²) in [5.41, 5.74) is 1.89. The minimum atomic E-state index is -3.34. The van der Waals surface area contributed by atoms with Crippen molar-refractivity contribution in [3.8, 4) is 0 Å². The molecular formula is C27H31N3OPb. The van der Waals surface area contributed by atoms with E-state index in [2.05, 4.69) is 106 Å². The van der Waals surface area contributed by atoms with Gasteiger partial charge in [-0.05, 0) is 0 Å². The normalized spacial score (nSPS) is 12.6. The second-order valence-corrected chi connectivity index (χ2v) is 24.2. The van der Waals surface area contributed by atoms with Gasteiger partial charge in [0.05, 0.1) is 0 Å². The van der Waals surface area contributed by atoms with Gasteiger partial charge in [0.25, 0.3) is 0 Å². The van der Waals surface area contributed by atoms with Crippen LogP contribution in [0.5, 0.6) is 0 Å². The summed E-state index contributed by atoms with van der Waals surface area (Å²) in [5.74, 6) is 0. The van der Waals surface area contributed by atoms with Crippen LogP contribution in [0.15, 0.2) is 91.0 Å². The third-order valence-electron chi connectivity index (χ3n) is 6.21. The van der Waals surface area contributed by atoms with Crippen LogP contribution in [0.25, 0.3) is 0 Å². The Labute approximate surface area is 195 Å².